The van der Waals surface area contributed by atoms with E-state index in [0.29, 0.717) is 31.3 Å². The Hall–Kier alpha value is -0.950. The summed E-state index contributed by atoms with van der Waals surface area (Å²) in [6.07, 6.45) is 0. The number of fused-ring (bicyclic) bond motifs is 1. The number of hydrogen-bond acceptors (Lipinski definition) is 5. The molecule has 0 bridgehead atoms. The Kier molecular flexibility index (Phi) is 4.93. The SMILES string of the molecule is COCCOCCNC1CS(=O)(=O)c2ccccc21. The summed E-state index contributed by atoms with van der Waals surface area (Å²) in [5.74, 6) is 0.129. The lowest BCUT2D eigenvalue weighted by molar-refractivity contribution is 0.0713. The van der Waals surface area contributed by atoms with Crippen LogP contribution in [0.1, 0.15) is 11.6 Å². The Morgan fingerprint density at radius 3 is 2.84 bits per heavy atom. The highest BCUT2D eigenvalue weighted by Crippen LogP contribution is 2.32. The molecular formula is C13H19NO4S. The minimum atomic E-state index is -3.13. The number of benzene rings is 1. The van der Waals surface area contributed by atoms with Gasteiger partial charge in [-0.25, -0.2) is 8.42 Å². The Labute approximate surface area is 113 Å². The molecule has 1 unspecified atom stereocenters. The Balaban J connectivity index is 1.86. The van der Waals surface area contributed by atoms with Crippen molar-refractivity contribution in [1.82, 2.24) is 5.32 Å². The number of methoxy groups -OCH3 is 1. The third kappa shape index (κ3) is 3.54. The van der Waals surface area contributed by atoms with Crippen molar-refractivity contribution < 1.29 is 17.9 Å². The topological polar surface area (TPSA) is 64.6 Å². The van der Waals surface area contributed by atoms with Gasteiger partial charge in [0.05, 0.1) is 30.5 Å². The van der Waals surface area contributed by atoms with Gasteiger partial charge >= 0.3 is 0 Å². The second-order valence-electron chi connectivity index (χ2n) is 4.43. The molecule has 106 valence electrons. The molecule has 0 spiro atoms. The summed E-state index contributed by atoms with van der Waals surface area (Å²) in [7, 11) is -1.50. The number of ether oxygens (including phenoxy) is 2. The molecule has 1 aromatic rings. The van der Waals surface area contributed by atoms with Crippen molar-refractivity contribution in [2.45, 2.75) is 10.9 Å². The van der Waals surface area contributed by atoms with Gasteiger partial charge in [0.15, 0.2) is 9.84 Å². The fourth-order valence-corrected chi connectivity index (χ4v) is 3.94. The maximum atomic E-state index is 11.9. The second kappa shape index (κ2) is 6.47. The van der Waals surface area contributed by atoms with Gasteiger partial charge in [0.2, 0.25) is 0 Å². The van der Waals surface area contributed by atoms with Crippen molar-refractivity contribution >= 4 is 9.84 Å². The number of rotatable bonds is 7. The molecule has 5 nitrogen and oxygen atoms in total. The van der Waals surface area contributed by atoms with Gasteiger partial charge in [-0.05, 0) is 11.6 Å². The van der Waals surface area contributed by atoms with Crippen LogP contribution in [0.4, 0.5) is 0 Å². The van der Waals surface area contributed by atoms with Crippen LogP contribution in [-0.4, -0.2) is 47.6 Å². The molecule has 1 aromatic carbocycles. The van der Waals surface area contributed by atoms with Crippen LogP contribution < -0.4 is 5.32 Å². The van der Waals surface area contributed by atoms with Gasteiger partial charge in [-0.1, -0.05) is 18.2 Å². The first kappa shape index (κ1) is 14.5. The van der Waals surface area contributed by atoms with Crippen molar-refractivity contribution in [3.63, 3.8) is 0 Å². The zero-order chi connectivity index (χ0) is 13.7. The van der Waals surface area contributed by atoms with Gasteiger partial charge in [-0.2, -0.15) is 0 Å². The van der Waals surface area contributed by atoms with Crippen LogP contribution in [0.3, 0.4) is 0 Å². The quantitative estimate of drug-likeness (QED) is 0.750. The van der Waals surface area contributed by atoms with Crippen LogP contribution in [0.25, 0.3) is 0 Å². The third-order valence-corrected chi connectivity index (χ3v) is 4.90. The molecule has 0 amide bonds. The molecule has 0 radical (unpaired) electrons. The van der Waals surface area contributed by atoms with Crippen molar-refractivity contribution in [3.8, 4) is 0 Å². The van der Waals surface area contributed by atoms with Gasteiger partial charge in [-0.15, -0.1) is 0 Å². The maximum Gasteiger partial charge on any atom is 0.180 e. The van der Waals surface area contributed by atoms with Crippen molar-refractivity contribution in [2.75, 3.05) is 39.2 Å². The zero-order valence-corrected chi connectivity index (χ0v) is 11.8. The minimum absolute atomic E-state index is 0.129. The monoisotopic (exact) mass is 285 g/mol. The summed E-state index contributed by atoms with van der Waals surface area (Å²) >= 11 is 0. The van der Waals surface area contributed by atoms with E-state index in [0.717, 1.165) is 5.56 Å². The molecule has 0 saturated heterocycles. The standard InChI is InChI=1S/C13H19NO4S/c1-17-8-9-18-7-6-14-12-10-19(15,16)13-5-3-2-4-11(12)13/h2-5,12,14H,6-10H2,1H3. The molecule has 6 heteroatoms. The molecule has 2 rings (SSSR count). The van der Waals surface area contributed by atoms with Crippen LogP contribution in [0.2, 0.25) is 0 Å². The fourth-order valence-electron chi connectivity index (χ4n) is 2.17. The van der Waals surface area contributed by atoms with Crippen LogP contribution in [0.15, 0.2) is 29.2 Å². The summed E-state index contributed by atoms with van der Waals surface area (Å²) in [6.45, 7) is 2.29. The highest BCUT2D eigenvalue weighted by molar-refractivity contribution is 7.91. The Bertz CT molecular complexity index is 515. The van der Waals surface area contributed by atoms with Gasteiger partial charge in [0, 0.05) is 19.7 Å². The number of nitrogens with one attached hydrogen (secondary N) is 1. The largest absolute Gasteiger partial charge is 0.382 e. The van der Waals surface area contributed by atoms with E-state index < -0.39 is 9.84 Å². The highest BCUT2D eigenvalue weighted by Gasteiger charge is 2.33. The van der Waals surface area contributed by atoms with E-state index in [1.165, 1.54) is 0 Å². The lowest BCUT2D eigenvalue weighted by Gasteiger charge is -2.12. The van der Waals surface area contributed by atoms with E-state index in [9.17, 15) is 8.42 Å². The average Bonchev–Trinajstić information content (AvgIpc) is 2.66. The molecular weight excluding hydrogens is 266 g/mol. The molecule has 1 atom stereocenters. The predicted octanol–water partition coefficient (Wildman–Crippen LogP) is 0.768. The zero-order valence-electron chi connectivity index (χ0n) is 11.0. The van der Waals surface area contributed by atoms with Crippen LogP contribution in [0, 0.1) is 0 Å². The van der Waals surface area contributed by atoms with Gasteiger partial charge in [0.25, 0.3) is 0 Å². The van der Waals surface area contributed by atoms with Gasteiger partial charge in [-0.3, -0.25) is 0 Å². The van der Waals surface area contributed by atoms with Crippen LogP contribution >= 0.6 is 0 Å². The highest BCUT2D eigenvalue weighted by atomic mass is 32.2. The van der Waals surface area contributed by atoms with E-state index in [1.54, 1.807) is 19.2 Å². The fraction of sp³-hybridized carbons (Fsp3) is 0.538. The van der Waals surface area contributed by atoms with E-state index >= 15 is 0 Å². The second-order valence-corrected chi connectivity index (χ2v) is 6.43. The lowest BCUT2D eigenvalue weighted by atomic mass is 10.1. The first-order chi connectivity index (χ1) is 9.15. The van der Waals surface area contributed by atoms with Crippen molar-refractivity contribution in [1.29, 1.82) is 0 Å². The molecule has 0 saturated carbocycles. The van der Waals surface area contributed by atoms with E-state index in [2.05, 4.69) is 5.32 Å². The van der Waals surface area contributed by atoms with Gasteiger partial charge < -0.3 is 14.8 Å². The third-order valence-electron chi connectivity index (χ3n) is 3.08. The summed E-state index contributed by atoms with van der Waals surface area (Å²) in [6, 6.07) is 7.02. The Morgan fingerprint density at radius 1 is 1.26 bits per heavy atom. The average molecular weight is 285 g/mol. The van der Waals surface area contributed by atoms with E-state index in [1.807, 2.05) is 12.1 Å². The maximum absolute atomic E-state index is 11.9. The minimum Gasteiger partial charge on any atom is -0.382 e. The van der Waals surface area contributed by atoms with Crippen molar-refractivity contribution in [3.05, 3.63) is 29.8 Å². The molecule has 0 fully saturated rings. The molecule has 0 aromatic heterocycles. The molecule has 19 heavy (non-hydrogen) atoms. The van der Waals surface area contributed by atoms with Crippen LogP contribution in [-0.2, 0) is 19.3 Å². The molecule has 1 N–H and O–H groups in total. The van der Waals surface area contributed by atoms with Crippen molar-refractivity contribution in [2.24, 2.45) is 0 Å². The molecule has 1 aliphatic heterocycles. The van der Waals surface area contributed by atoms with Gasteiger partial charge in [0.1, 0.15) is 0 Å². The molecule has 1 heterocycles. The van der Waals surface area contributed by atoms with E-state index in [-0.39, 0.29) is 11.8 Å². The summed E-state index contributed by atoms with van der Waals surface area (Å²) < 4.78 is 34.1. The number of hydrogen-bond donors (Lipinski definition) is 1. The summed E-state index contributed by atoms with van der Waals surface area (Å²) in [5.41, 5.74) is 0.861. The lowest BCUT2D eigenvalue weighted by Crippen LogP contribution is -2.26. The van der Waals surface area contributed by atoms with E-state index in [4.69, 9.17) is 9.47 Å². The molecule has 0 aliphatic carbocycles. The summed E-state index contributed by atoms with van der Waals surface area (Å²) in [5, 5.41) is 3.23. The smallest absolute Gasteiger partial charge is 0.180 e. The Morgan fingerprint density at radius 2 is 2.05 bits per heavy atom. The number of sulfone groups is 1. The predicted molar refractivity (Wildman–Crippen MR) is 71.9 cm³/mol. The molecule has 1 aliphatic rings. The first-order valence-electron chi connectivity index (χ1n) is 6.27. The summed E-state index contributed by atoms with van der Waals surface area (Å²) in [4.78, 5) is 0.452. The first-order valence-corrected chi connectivity index (χ1v) is 7.92. The normalized spacial score (nSPS) is 20.4. The van der Waals surface area contributed by atoms with Crippen LogP contribution in [0.5, 0.6) is 0 Å².